The van der Waals surface area contributed by atoms with Gasteiger partial charge in [-0.1, -0.05) is 48.5 Å². The van der Waals surface area contributed by atoms with E-state index in [1.807, 2.05) is 60.7 Å². The van der Waals surface area contributed by atoms with Crippen LogP contribution in [0.2, 0.25) is 0 Å². The number of hydrogen-bond donors (Lipinski definition) is 2. The predicted octanol–water partition coefficient (Wildman–Crippen LogP) is 2.41. The molecule has 0 amide bonds. The minimum absolute atomic E-state index is 0.231. The van der Waals surface area contributed by atoms with Gasteiger partial charge in [0.25, 0.3) is 5.56 Å². The van der Waals surface area contributed by atoms with Crippen molar-refractivity contribution >= 4 is 5.69 Å². The summed E-state index contributed by atoms with van der Waals surface area (Å²) in [7, 11) is 0. The number of hydrogen-bond acceptors (Lipinski definition) is 2. The lowest BCUT2D eigenvalue weighted by Gasteiger charge is -2.01. The van der Waals surface area contributed by atoms with Gasteiger partial charge in [-0.25, -0.2) is 4.68 Å². The van der Waals surface area contributed by atoms with Gasteiger partial charge in [-0.05, 0) is 12.1 Å². The maximum atomic E-state index is 12.2. The number of nitrogens with zero attached hydrogens (tertiary/aromatic N) is 1. The van der Waals surface area contributed by atoms with Gasteiger partial charge in [-0.3, -0.25) is 9.89 Å². The molecule has 0 radical (unpaired) electrons. The van der Waals surface area contributed by atoms with E-state index < -0.39 is 0 Å². The van der Waals surface area contributed by atoms with E-state index in [2.05, 4.69) is 5.10 Å². The standard InChI is InChI=1S/C15H13N3O/c16-13-14(11-7-3-1-4-8-11)17-18(15(13)19)12-9-5-2-6-10-12/h1-10,17H,16H2. The quantitative estimate of drug-likeness (QED) is 0.734. The van der Waals surface area contributed by atoms with Crippen LogP contribution in [-0.4, -0.2) is 9.78 Å². The smallest absolute Gasteiger partial charge is 0.295 e. The highest BCUT2D eigenvalue weighted by atomic mass is 16.1. The maximum Gasteiger partial charge on any atom is 0.295 e. The summed E-state index contributed by atoms with van der Waals surface area (Å²) >= 11 is 0. The normalized spacial score (nSPS) is 10.5. The van der Waals surface area contributed by atoms with Crippen molar-refractivity contribution in [3.05, 3.63) is 71.0 Å². The third kappa shape index (κ3) is 1.93. The third-order valence-electron chi connectivity index (χ3n) is 3.00. The highest BCUT2D eigenvalue weighted by Crippen LogP contribution is 2.21. The summed E-state index contributed by atoms with van der Waals surface area (Å²) in [5.74, 6) is 0. The molecular formula is C15H13N3O. The van der Waals surface area contributed by atoms with Crippen molar-refractivity contribution in [1.82, 2.24) is 9.78 Å². The van der Waals surface area contributed by atoms with E-state index in [-0.39, 0.29) is 11.2 Å². The molecule has 3 aromatic rings. The average molecular weight is 251 g/mol. The van der Waals surface area contributed by atoms with Crippen molar-refractivity contribution in [2.45, 2.75) is 0 Å². The number of anilines is 1. The van der Waals surface area contributed by atoms with Crippen LogP contribution < -0.4 is 11.3 Å². The molecule has 4 nitrogen and oxygen atoms in total. The van der Waals surface area contributed by atoms with Crippen molar-refractivity contribution in [1.29, 1.82) is 0 Å². The third-order valence-corrected chi connectivity index (χ3v) is 3.00. The summed E-state index contributed by atoms with van der Waals surface area (Å²) in [5, 5.41) is 3.06. The number of H-pyrrole nitrogens is 1. The Kier molecular flexibility index (Phi) is 2.68. The summed E-state index contributed by atoms with van der Waals surface area (Å²) in [4.78, 5) is 12.2. The number of benzene rings is 2. The molecule has 0 bridgehead atoms. The van der Waals surface area contributed by atoms with E-state index in [0.717, 1.165) is 11.3 Å². The van der Waals surface area contributed by atoms with Gasteiger partial charge in [-0.2, -0.15) is 0 Å². The highest BCUT2D eigenvalue weighted by Gasteiger charge is 2.13. The van der Waals surface area contributed by atoms with E-state index in [0.29, 0.717) is 5.69 Å². The first-order chi connectivity index (χ1) is 9.27. The summed E-state index contributed by atoms with van der Waals surface area (Å²) in [6, 6.07) is 18.9. The van der Waals surface area contributed by atoms with Crippen molar-refractivity contribution in [3.8, 4) is 16.9 Å². The van der Waals surface area contributed by atoms with Crippen LogP contribution in [0.3, 0.4) is 0 Å². The van der Waals surface area contributed by atoms with Gasteiger partial charge in [0.15, 0.2) is 0 Å². The van der Waals surface area contributed by atoms with Gasteiger partial charge in [-0.15, -0.1) is 0 Å². The molecule has 0 aliphatic heterocycles. The summed E-state index contributed by atoms with van der Waals surface area (Å²) in [6.07, 6.45) is 0. The summed E-state index contributed by atoms with van der Waals surface area (Å²) in [5.41, 5.74) is 8.22. The topological polar surface area (TPSA) is 63.8 Å². The minimum Gasteiger partial charge on any atom is -0.392 e. The van der Waals surface area contributed by atoms with E-state index in [1.165, 1.54) is 4.68 Å². The molecule has 0 spiro atoms. The van der Waals surface area contributed by atoms with Gasteiger partial charge in [0.2, 0.25) is 0 Å². The molecule has 1 aromatic heterocycles. The molecule has 0 saturated carbocycles. The van der Waals surface area contributed by atoms with Crippen LogP contribution in [-0.2, 0) is 0 Å². The molecule has 94 valence electrons. The molecule has 0 fully saturated rings. The lowest BCUT2D eigenvalue weighted by molar-refractivity contribution is 0.853. The highest BCUT2D eigenvalue weighted by molar-refractivity contribution is 5.72. The van der Waals surface area contributed by atoms with Crippen molar-refractivity contribution in [2.75, 3.05) is 5.73 Å². The second-order valence-corrected chi connectivity index (χ2v) is 4.24. The van der Waals surface area contributed by atoms with Gasteiger partial charge in [0.05, 0.1) is 11.4 Å². The maximum absolute atomic E-state index is 12.2. The van der Waals surface area contributed by atoms with Crippen LogP contribution in [0.1, 0.15) is 0 Å². The van der Waals surface area contributed by atoms with Gasteiger partial charge >= 0.3 is 0 Å². The first-order valence-electron chi connectivity index (χ1n) is 5.98. The number of nitrogen functional groups attached to an aromatic ring is 1. The Bertz CT molecular complexity index is 742. The Morgan fingerprint density at radius 3 is 2.11 bits per heavy atom. The fraction of sp³-hybridized carbons (Fsp3) is 0. The zero-order valence-electron chi connectivity index (χ0n) is 10.2. The van der Waals surface area contributed by atoms with Crippen LogP contribution in [0.5, 0.6) is 0 Å². The minimum atomic E-state index is -0.231. The molecule has 4 heteroatoms. The van der Waals surface area contributed by atoms with E-state index in [9.17, 15) is 4.79 Å². The lowest BCUT2D eigenvalue weighted by Crippen LogP contribution is -2.16. The number of nitrogens with two attached hydrogens (primary N) is 1. The molecule has 0 aliphatic carbocycles. The second kappa shape index (κ2) is 4.49. The Morgan fingerprint density at radius 2 is 1.47 bits per heavy atom. The van der Waals surface area contributed by atoms with Crippen LogP contribution in [0.15, 0.2) is 65.5 Å². The number of rotatable bonds is 2. The van der Waals surface area contributed by atoms with E-state index >= 15 is 0 Å². The molecule has 2 aromatic carbocycles. The molecular weight excluding hydrogens is 238 g/mol. The molecule has 3 N–H and O–H groups in total. The second-order valence-electron chi connectivity index (χ2n) is 4.24. The molecule has 1 heterocycles. The van der Waals surface area contributed by atoms with Crippen LogP contribution in [0.4, 0.5) is 5.69 Å². The van der Waals surface area contributed by atoms with Crippen molar-refractivity contribution in [3.63, 3.8) is 0 Å². The van der Waals surface area contributed by atoms with Crippen LogP contribution in [0.25, 0.3) is 16.9 Å². The monoisotopic (exact) mass is 251 g/mol. The number of nitrogens with one attached hydrogen (secondary N) is 1. The molecule has 0 saturated heterocycles. The van der Waals surface area contributed by atoms with E-state index in [1.54, 1.807) is 0 Å². The fourth-order valence-corrected chi connectivity index (χ4v) is 2.03. The first-order valence-corrected chi connectivity index (χ1v) is 5.98. The average Bonchev–Trinajstić information content (AvgIpc) is 2.77. The Morgan fingerprint density at radius 1 is 0.895 bits per heavy atom. The van der Waals surface area contributed by atoms with Gasteiger partial charge in [0.1, 0.15) is 5.69 Å². The number of aromatic amines is 1. The van der Waals surface area contributed by atoms with Crippen LogP contribution in [0, 0.1) is 0 Å². The Labute approximate surface area is 110 Å². The number of aromatic nitrogens is 2. The van der Waals surface area contributed by atoms with E-state index in [4.69, 9.17) is 5.73 Å². The summed E-state index contributed by atoms with van der Waals surface area (Å²) in [6.45, 7) is 0. The van der Waals surface area contributed by atoms with Crippen LogP contribution >= 0.6 is 0 Å². The Hall–Kier alpha value is -2.75. The summed E-state index contributed by atoms with van der Waals surface area (Å²) < 4.78 is 1.46. The molecule has 3 rings (SSSR count). The molecule has 0 unspecified atom stereocenters. The van der Waals surface area contributed by atoms with Gasteiger partial charge < -0.3 is 5.73 Å². The molecule has 0 atom stereocenters. The zero-order valence-corrected chi connectivity index (χ0v) is 10.2. The largest absolute Gasteiger partial charge is 0.392 e. The Balaban J connectivity index is 2.19. The lowest BCUT2D eigenvalue weighted by atomic mass is 10.1. The number of para-hydroxylation sites is 1. The molecule has 0 aliphatic rings. The van der Waals surface area contributed by atoms with Crippen molar-refractivity contribution in [2.24, 2.45) is 0 Å². The molecule has 19 heavy (non-hydrogen) atoms. The predicted molar refractivity (Wildman–Crippen MR) is 76.2 cm³/mol. The fourth-order valence-electron chi connectivity index (χ4n) is 2.03. The van der Waals surface area contributed by atoms with Crippen molar-refractivity contribution < 1.29 is 0 Å². The SMILES string of the molecule is Nc1c(-c2ccccc2)[nH]n(-c2ccccc2)c1=O. The first kappa shape index (κ1) is 11.3. The zero-order chi connectivity index (χ0) is 13.2. The van der Waals surface area contributed by atoms with Gasteiger partial charge in [0, 0.05) is 5.56 Å².